The van der Waals surface area contributed by atoms with Crippen LogP contribution in [-0.2, 0) is 17.6 Å². The number of aryl methyl sites for hydroxylation is 1. The zero-order chi connectivity index (χ0) is 10.7. The maximum Gasteiger partial charge on any atom is 0.168 e. The summed E-state index contributed by atoms with van der Waals surface area (Å²) in [4.78, 5) is 0. The smallest absolute Gasteiger partial charge is 0.168 e. The van der Waals surface area contributed by atoms with E-state index in [1.807, 2.05) is 6.07 Å². The van der Waals surface area contributed by atoms with Crippen molar-refractivity contribution in [2.45, 2.75) is 19.3 Å². The average molecular weight is 210 g/mol. The van der Waals surface area contributed by atoms with Crippen LogP contribution in [0.2, 0.25) is 0 Å². The van der Waals surface area contributed by atoms with Crippen LogP contribution in [0.4, 0.5) is 4.39 Å². The molecule has 2 rings (SSSR count). The van der Waals surface area contributed by atoms with Crippen molar-refractivity contribution >= 4 is 0 Å². The Kier molecular flexibility index (Phi) is 3.21. The van der Waals surface area contributed by atoms with Gasteiger partial charge in [0, 0.05) is 7.11 Å². The molecular formula is C12H15FO2. The van der Waals surface area contributed by atoms with Gasteiger partial charge >= 0.3 is 0 Å². The predicted molar refractivity (Wildman–Crippen MR) is 55.8 cm³/mol. The number of hydrogen-bond donors (Lipinski definition) is 0. The molecule has 0 aromatic heterocycles. The van der Waals surface area contributed by atoms with Crippen LogP contribution in [0.25, 0.3) is 0 Å². The van der Waals surface area contributed by atoms with Gasteiger partial charge in [0.2, 0.25) is 0 Å². The van der Waals surface area contributed by atoms with E-state index >= 15 is 0 Å². The van der Waals surface area contributed by atoms with Crippen molar-refractivity contribution < 1.29 is 13.9 Å². The summed E-state index contributed by atoms with van der Waals surface area (Å²) in [5.74, 6) is 0.175. The van der Waals surface area contributed by atoms with Gasteiger partial charge in [-0.05, 0) is 36.5 Å². The van der Waals surface area contributed by atoms with Crippen LogP contribution in [0.1, 0.15) is 17.5 Å². The molecule has 0 spiro atoms. The zero-order valence-electron chi connectivity index (χ0n) is 8.88. The van der Waals surface area contributed by atoms with E-state index in [2.05, 4.69) is 0 Å². The van der Waals surface area contributed by atoms with Crippen LogP contribution in [0.15, 0.2) is 12.1 Å². The lowest BCUT2D eigenvalue weighted by molar-refractivity contribution is 0.143. The largest absolute Gasteiger partial charge is 0.488 e. The third kappa shape index (κ3) is 2.12. The third-order valence-electron chi connectivity index (χ3n) is 2.72. The van der Waals surface area contributed by atoms with Crippen LogP contribution in [0, 0.1) is 5.82 Å². The quantitative estimate of drug-likeness (QED) is 0.710. The summed E-state index contributed by atoms with van der Waals surface area (Å²) in [5, 5.41) is 0. The normalized spacial score (nSPS) is 14.0. The second-order valence-electron chi connectivity index (χ2n) is 3.71. The van der Waals surface area contributed by atoms with Gasteiger partial charge in [0.15, 0.2) is 11.6 Å². The lowest BCUT2D eigenvalue weighted by Crippen LogP contribution is -2.06. The Bertz CT molecular complexity index is 350. The summed E-state index contributed by atoms with van der Waals surface area (Å²) in [5.41, 5.74) is 1.97. The fraction of sp³-hybridized carbons (Fsp3) is 0.500. The molecule has 0 aliphatic heterocycles. The monoisotopic (exact) mass is 210 g/mol. The van der Waals surface area contributed by atoms with Crippen molar-refractivity contribution in [3.63, 3.8) is 0 Å². The molecule has 1 aromatic carbocycles. The summed E-state index contributed by atoms with van der Waals surface area (Å²) in [6, 6.07) is 3.68. The molecule has 0 atom stereocenters. The number of halogens is 1. The van der Waals surface area contributed by atoms with E-state index in [4.69, 9.17) is 9.47 Å². The molecule has 0 N–H and O–H groups in total. The van der Waals surface area contributed by atoms with Crippen molar-refractivity contribution in [3.05, 3.63) is 29.1 Å². The molecule has 0 unspecified atom stereocenters. The van der Waals surface area contributed by atoms with E-state index in [9.17, 15) is 4.39 Å². The van der Waals surface area contributed by atoms with Crippen LogP contribution in [0.5, 0.6) is 5.75 Å². The predicted octanol–water partition coefficient (Wildman–Crippen LogP) is 2.34. The maximum absolute atomic E-state index is 13.8. The molecule has 0 radical (unpaired) electrons. The first-order valence-electron chi connectivity index (χ1n) is 5.25. The summed E-state index contributed by atoms with van der Waals surface area (Å²) < 4.78 is 24.0. The average Bonchev–Trinajstić information content (AvgIpc) is 2.70. The number of hydrogen-bond acceptors (Lipinski definition) is 2. The van der Waals surface area contributed by atoms with Crippen molar-refractivity contribution in [3.8, 4) is 5.75 Å². The minimum atomic E-state index is -0.180. The Morgan fingerprint density at radius 3 is 2.93 bits per heavy atom. The lowest BCUT2D eigenvalue weighted by atomic mass is 10.1. The first kappa shape index (κ1) is 10.4. The number of fused-ring (bicyclic) bond motifs is 1. The molecule has 0 bridgehead atoms. The lowest BCUT2D eigenvalue weighted by Gasteiger charge is -2.09. The molecule has 2 nitrogen and oxygen atoms in total. The SMILES string of the molecule is COCCOc1ccc2c(c1F)CCC2. The van der Waals surface area contributed by atoms with Crippen molar-refractivity contribution in [2.24, 2.45) is 0 Å². The molecule has 3 heteroatoms. The second-order valence-corrected chi connectivity index (χ2v) is 3.71. The third-order valence-corrected chi connectivity index (χ3v) is 2.72. The molecule has 0 fully saturated rings. The van der Waals surface area contributed by atoms with Crippen molar-refractivity contribution in [1.29, 1.82) is 0 Å². The van der Waals surface area contributed by atoms with Crippen LogP contribution >= 0.6 is 0 Å². The van der Waals surface area contributed by atoms with Gasteiger partial charge in [-0.25, -0.2) is 4.39 Å². The molecule has 15 heavy (non-hydrogen) atoms. The highest BCUT2D eigenvalue weighted by atomic mass is 19.1. The van der Waals surface area contributed by atoms with Gasteiger partial charge in [-0.3, -0.25) is 0 Å². The van der Waals surface area contributed by atoms with E-state index in [-0.39, 0.29) is 5.82 Å². The fourth-order valence-electron chi connectivity index (χ4n) is 1.95. The van der Waals surface area contributed by atoms with Crippen LogP contribution in [-0.4, -0.2) is 20.3 Å². The Morgan fingerprint density at radius 2 is 2.13 bits per heavy atom. The Labute approximate surface area is 89.0 Å². The van der Waals surface area contributed by atoms with Gasteiger partial charge in [0.1, 0.15) is 6.61 Å². The summed E-state index contributed by atoms with van der Waals surface area (Å²) in [6.07, 6.45) is 2.88. The zero-order valence-corrected chi connectivity index (χ0v) is 8.88. The topological polar surface area (TPSA) is 18.5 Å². The molecule has 0 saturated carbocycles. The molecule has 82 valence electrons. The van der Waals surface area contributed by atoms with Crippen LogP contribution in [0.3, 0.4) is 0 Å². The number of ether oxygens (including phenoxy) is 2. The molecule has 0 heterocycles. The van der Waals surface area contributed by atoms with Crippen molar-refractivity contribution in [1.82, 2.24) is 0 Å². The molecule has 1 aromatic rings. The van der Waals surface area contributed by atoms with Gasteiger partial charge in [-0.1, -0.05) is 6.07 Å². The standard InChI is InChI=1S/C12H15FO2/c1-14-7-8-15-11-6-5-9-3-2-4-10(9)12(11)13/h5-6H,2-4,7-8H2,1H3. The highest BCUT2D eigenvalue weighted by Crippen LogP contribution is 2.30. The summed E-state index contributed by atoms with van der Waals surface area (Å²) in [7, 11) is 1.60. The first-order chi connectivity index (χ1) is 7.33. The van der Waals surface area contributed by atoms with E-state index in [1.54, 1.807) is 13.2 Å². The van der Waals surface area contributed by atoms with E-state index in [1.165, 1.54) is 0 Å². The van der Waals surface area contributed by atoms with Crippen molar-refractivity contribution in [2.75, 3.05) is 20.3 Å². The van der Waals surface area contributed by atoms with Gasteiger partial charge in [-0.15, -0.1) is 0 Å². The molecule has 1 aliphatic rings. The minimum absolute atomic E-state index is 0.180. The maximum atomic E-state index is 13.8. The molecule has 0 saturated heterocycles. The minimum Gasteiger partial charge on any atom is -0.488 e. The van der Waals surface area contributed by atoms with E-state index < -0.39 is 0 Å². The van der Waals surface area contributed by atoms with Gasteiger partial charge in [0.25, 0.3) is 0 Å². The molecule has 1 aliphatic carbocycles. The van der Waals surface area contributed by atoms with E-state index in [0.717, 1.165) is 30.4 Å². The van der Waals surface area contributed by atoms with Gasteiger partial charge in [0.05, 0.1) is 6.61 Å². The number of rotatable bonds is 4. The Balaban J connectivity index is 2.12. The Hall–Kier alpha value is -1.09. The van der Waals surface area contributed by atoms with E-state index in [0.29, 0.717) is 19.0 Å². The highest BCUT2D eigenvalue weighted by Gasteiger charge is 2.18. The number of benzene rings is 1. The Morgan fingerprint density at radius 1 is 1.27 bits per heavy atom. The summed E-state index contributed by atoms with van der Waals surface area (Å²) >= 11 is 0. The van der Waals surface area contributed by atoms with Crippen LogP contribution < -0.4 is 4.74 Å². The summed E-state index contributed by atoms with van der Waals surface area (Å²) in [6.45, 7) is 0.878. The number of methoxy groups -OCH3 is 1. The molecule has 0 amide bonds. The van der Waals surface area contributed by atoms with Gasteiger partial charge < -0.3 is 9.47 Å². The fourth-order valence-corrected chi connectivity index (χ4v) is 1.95. The first-order valence-corrected chi connectivity index (χ1v) is 5.25. The second kappa shape index (κ2) is 4.62. The van der Waals surface area contributed by atoms with Gasteiger partial charge in [-0.2, -0.15) is 0 Å². The molecular weight excluding hydrogens is 195 g/mol. The highest BCUT2D eigenvalue weighted by molar-refractivity contribution is 5.40.